The lowest BCUT2D eigenvalue weighted by atomic mass is 10.1. The molecule has 8 heteroatoms. The van der Waals surface area contributed by atoms with E-state index in [0.717, 1.165) is 10.5 Å². The van der Waals surface area contributed by atoms with Gasteiger partial charge in [-0.2, -0.15) is 0 Å². The Morgan fingerprint density at radius 2 is 2.00 bits per heavy atom. The van der Waals surface area contributed by atoms with E-state index in [1.165, 1.54) is 7.11 Å². The number of carbonyl (C=O) groups excluding carboxylic acids is 2. The minimum Gasteiger partial charge on any atom is -0.511 e. The molecule has 146 valence electrons. The monoisotopic (exact) mass is 392 g/mol. The lowest BCUT2D eigenvalue weighted by Gasteiger charge is -2.30. The zero-order chi connectivity index (χ0) is 20.4. The summed E-state index contributed by atoms with van der Waals surface area (Å²) in [4.78, 5) is 26.0. The number of aliphatic hydroxyl groups excluding tert-OH is 1. The summed E-state index contributed by atoms with van der Waals surface area (Å²) in [5.41, 5.74) is 0.582. The maximum atomic E-state index is 12.8. The molecular weight excluding hydrogens is 368 g/mol. The van der Waals surface area contributed by atoms with Gasteiger partial charge in [-0.05, 0) is 39.3 Å². The number of rotatable bonds is 3. The summed E-state index contributed by atoms with van der Waals surface area (Å²) in [7, 11) is 1.53. The molecular formula is C19H24N2O5S. The second-order valence-corrected chi connectivity index (χ2v) is 7.53. The Hall–Kier alpha value is -2.61. The number of methoxy groups -OCH3 is 1. The van der Waals surface area contributed by atoms with Gasteiger partial charge in [0.25, 0.3) is 5.91 Å². The second kappa shape index (κ2) is 7.96. The van der Waals surface area contributed by atoms with Gasteiger partial charge in [-0.3, -0.25) is 4.79 Å². The number of aliphatic hydroxyl groups is 1. The minimum atomic E-state index is -0.770. The Bertz CT molecular complexity index is 811. The molecule has 0 atom stereocenters. The molecule has 1 aliphatic rings. The van der Waals surface area contributed by atoms with Gasteiger partial charge in [-0.1, -0.05) is 24.4 Å². The van der Waals surface area contributed by atoms with Gasteiger partial charge < -0.3 is 19.9 Å². The molecule has 2 rings (SSSR count). The van der Waals surface area contributed by atoms with Crippen LogP contribution >= 0.6 is 12.2 Å². The summed E-state index contributed by atoms with van der Waals surface area (Å²) < 4.78 is 10.6. The first kappa shape index (κ1) is 20.7. The van der Waals surface area contributed by atoms with E-state index >= 15 is 0 Å². The number of benzene rings is 1. The van der Waals surface area contributed by atoms with Gasteiger partial charge in [-0.15, -0.1) is 0 Å². The molecule has 1 aromatic rings. The number of amides is 2. The van der Waals surface area contributed by atoms with Crippen LogP contribution in [-0.2, 0) is 9.53 Å². The number of carbonyl (C=O) groups is 2. The van der Waals surface area contributed by atoms with Crippen molar-refractivity contribution >= 4 is 34.9 Å². The Labute approximate surface area is 163 Å². The zero-order valence-corrected chi connectivity index (χ0v) is 16.9. The fraction of sp³-hybridized carbons (Fsp3) is 0.421. The highest BCUT2D eigenvalue weighted by Crippen LogP contribution is 2.29. The molecule has 0 spiro atoms. The molecule has 1 aliphatic heterocycles. The van der Waals surface area contributed by atoms with Gasteiger partial charge in [-0.25, -0.2) is 9.69 Å². The van der Waals surface area contributed by atoms with E-state index in [1.807, 2.05) is 19.1 Å². The van der Waals surface area contributed by atoms with Gasteiger partial charge in [0.1, 0.15) is 27.7 Å². The number of hydrogen-bond donors (Lipinski definition) is 2. The number of anilines is 1. The topological polar surface area (TPSA) is 88.1 Å². The van der Waals surface area contributed by atoms with Gasteiger partial charge in [0.15, 0.2) is 0 Å². The molecule has 0 radical (unpaired) electrons. The molecule has 27 heavy (non-hydrogen) atoms. The normalized spacial score (nSPS) is 14.9. The van der Waals surface area contributed by atoms with Crippen LogP contribution in [0.15, 0.2) is 29.5 Å². The highest BCUT2D eigenvalue weighted by molar-refractivity contribution is 7.81. The average molecular weight is 392 g/mol. The molecule has 0 bridgehead atoms. The number of nitrogens with zero attached hydrogens (tertiary/aromatic N) is 1. The van der Waals surface area contributed by atoms with E-state index in [2.05, 4.69) is 5.32 Å². The lowest BCUT2D eigenvalue weighted by molar-refractivity contribution is -0.126. The molecule has 1 heterocycles. The Morgan fingerprint density at radius 1 is 1.33 bits per heavy atom. The van der Waals surface area contributed by atoms with Gasteiger partial charge in [0.2, 0.25) is 0 Å². The summed E-state index contributed by atoms with van der Waals surface area (Å²) in [6.45, 7) is 7.04. The van der Waals surface area contributed by atoms with Crippen molar-refractivity contribution in [1.82, 2.24) is 4.90 Å². The smallest absolute Gasteiger partial charge is 0.417 e. The molecule has 0 fully saturated rings. The van der Waals surface area contributed by atoms with E-state index in [1.54, 1.807) is 26.8 Å². The largest absolute Gasteiger partial charge is 0.511 e. The summed E-state index contributed by atoms with van der Waals surface area (Å²) in [5.74, 6) is -0.284. The van der Waals surface area contributed by atoms with Crippen molar-refractivity contribution in [3.63, 3.8) is 0 Å². The average Bonchev–Trinajstić information content (AvgIpc) is 2.53. The van der Waals surface area contributed by atoms with Crippen molar-refractivity contribution in [1.29, 1.82) is 0 Å². The van der Waals surface area contributed by atoms with Crippen LogP contribution in [0.5, 0.6) is 5.75 Å². The molecule has 1 aromatic carbocycles. The minimum absolute atomic E-state index is 0.00894. The molecule has 2 N–H and O–H groups in total. The van der Waals surface area contributed by atoms with E-state index in [4.69, 9.17) is 21.7 Å². The Balaban J connectivity index is 2.26. The van der Waals surface area contributed by atoms with Crippen molar-refractivity contribution in [2.75, 3.05) is 19.0 Å². The molecule has 0 aromatic heterocycles. The summed E-state index contributed by atoms with van der Waals surface area (Å²) in [6.07, 6.45) is -0.666. The number of aryl methyl sites for hydroxylation is 1. The van der Waals surface area contributed by atoms with E-state index in [-0.39, 0.29) is 29.3 Å². The van der Waals surface area contributed by atoms with Crippen molar-refractivity contribution in [3.8, 4) is 5.75 Å². The van der Waals surface area contributed by atoms with Crippen LogP contribution in [0.3, 0.4) is 0 Å². The third kappa shape index (κ3) is 4.77. The molecule has 0 aliphatic carbocycles. The lowest BCUT2D eigenvalue weighted by Crippen LogP contribution is -2.46. The predicted molar refractivity (Wildman–Crippen MR) is 106 cm³/mol. The first-order chi connectivity index (χ1) is 12.5. The third-order valence-corrected chi connectivity index (χ3v) is 4.13. The fourth-order valence-corrected chi connectivity index (χ4v) is 2.94. The Morgan fingerprint density at radius 3 is 2.59 bits per heavy atom. The van der Waals surface area contributed by atoms with Gasteiger partial charge >= 0.3 is 6.09 Å². The van der Waals surface area contributed by atoms with Crippen LogP contribution in [-0.4, -0.2) is 46.3 Å². The SMILES string of the molecule is COc1c(C)cccc1NC(=S)C1=C(O)CCN(C(=O)OC(C)(C)C)C1=O. The van der Waals surface area contributed by atoms with E-state index < -0.39 is 17.6 Å². The number of thiocarbonyl (C=S) groups is 1. The first-order valence-electron chi connectivity index (χ1n) is 8.47. The fourth-order valence-electron chi connectivity index (χ4n) is 2.63. The summed E-state index contributed by atoms with van der Waals surface area (Å²) in [6, 6.07) is 5.43. The highest BCUT2D eigenvalue weighted by atomic mass is 32.1. The van der Waals surface area contributed by atoms with E-state index in [0.29, 0.717) is 11.4 Å². The quantitative estimate of drug-likeness (QED) is 0.758. The number of ether oxygens (including phenoxy) is 2. The molecule has 0 saturated carbocycles. The van der Waals surface area contributed by atoms with Crippen LogP contribution in [0.1, 0.15) is 32.8 Å². The van der Waals surface area contributed by atoms with Crippen molar-refractivity contribution in [2.24, 2.45) is 0 Å². The number of hydrogen-bond acceptors (Lipinski definition) is 6. The molecule has 0 saturated heterocycles. The van der Waals surface area contributed by atoms with Crippen LogP contribution in [0.25, 0.3) is 0 Å². The number of para-hydroxylation sites is 1. The molecule has 7 nitrogen and oxygen atoms in total. The zero-order valence-electron chi connectivity index (χ0n) is 16.1. The van der Waals surface area contributed by atoms with Crippen LogP contribution < -0.4 is 10.1 Å². The van der Waals surface area contributed by atoms with Crippen LogP contribution in [0.2, 0.25) is 0 Å². The standard InChI is InChI=1S/C19H24N2O5S/c1-11-7-6-8-12(15(11)25-5)20-16(27)14-13(22)9-10-21(17(14)23)18(24)26-19(2,3)4/h6-8,22H,9-10H2,1-5H3,(H,20,27). The van der Waals surface area contributed by atoms with Crippen LogP contribution in [0, 0.1) is 6.92 Å². The third-order valence-electron chi connectivity index (χ3n) is 3.82. The van der Waals surface area contributed by atoms with E-state index in [9.17, 15) is 14.7 Å². The Kier molecular flexibility index (Phi) is 6.10. The predicted octanol–water partition coefficient (Wildman–Crippen LogP) is 3.72. The van der Waals surface area contributed by atoms with Crippen molar-refractivity contribution < 1.29 is 24.2 Å². The van der Waals surface area contributed by atoms with Gasteiger partial charge in [0.05, 0.1) is 12.8 Å². The second-order valence-electron chi connectivity index (χ2n) is 7.12. The first-order valence-corrected chi connectivity index (χ1v) is 8.88. The highest BCUT2D eigenvalue weighted by Gasteiger charge is 2.36. The van der Waals surface area contributed by atoms with Crippen LogP contribution in [0.4, 0.5) is 10.5 Å². The number of nitrogens with one attached hydrogen (secondary N) is 1. The maximum Gasteiger partial charge on any atom is 0.417 e. The summed E-state index contributed by atoms with van der Waals surface area (Å²) >= 11 is 5.33. The van der Waals surface area contributed by atoms with Gasteiger partial charge in [0, 0.05) is 13.0 Å². The number of imide groups is 1. The summed E-state index contributed by atoms with van der Waals surface area (Å²) in [5, 5.41) is 13.2. The maximum absolute atomic E-state index is 12.8. The molecule has 0 unspecified atom stereocenters. The molecule has 2 amide bonds. The van der Waals surface area contributed by atoms with Crippen molar-refractivity contribution in [3.05, 3.63) is 35.1 Å². The van der Waals surface area contributed by atoms with Crippen molar-refractivity contribution in [2.45, 2.75) is 39.7 Å².